The van der Waals surface area contributed by atoms with Gasteiger partial charge in [0.25, 0.3) is 0 Å². The Morgan fingerprint density at radius 3 is 2.70 bits per heavy atom. The van der Waals surface area contributed by atoms with Gasteiger partial charge in [-0.25, -0.2) is 8.78 Å². The van der Waals surface area contributed by atoms with Gasteiger partial charge >= 0.3 is 0 Å². The Hall–Kier alpha value is -1.00. The van der Waals surface area contributed by atoms with E-state index in [1.54, 1.807) is 0 Å². The molecule has 1 aromatic rings. The van der Waals surface area contributed by atoms with Crippen LogP contribution in [0.5, 0.6) is 0 Å². The minimum Gasteiger partial charge on any atom is -0.378 e. The second kappa shape index (κ2) is 7.70. The summed E-state index contributed by atoms with van der Waals surface area (Å²) in [4.78, 5) is 0. The van der Waals surface area contributed by atoms with Gasteiger partial charge in [-0.3, -0.25) is 0 Å². The first-order chi connectivity index (χ1) is 9.67. The Balaban J connectivity index is 1.75. The minimum absolute atomic E-state index is 0.359. The zero-order chi connectivity index (χ0) is 14.4. The van der Waals surface area contributed by atoms with Crippen molar-refractivity contribution in [2.75, 3.05) is 13.2 Å². The van der Waals surface area contributed by atoms with Crippen molar-refractivity contribution in [3.8, 4) is 0 Å². The topological polar surface area (TPSA) is 21.3 Å². The van der Waals surface area contributed by atoms with Gasteiger partial charge in [-0.15, -0.1) is 0 Å². The van der Waals surface area contributed by atoms with Gasteiger partial charge in [0.1, 0.15) is 11.6 Å². The molecular formula is C16H23F2NO. The van der Waals surface area contributed by atoms with E-state index in [4.69, 9.17) is 4.74 Å². The van der Waals surface area contributed by atoms with Crippen molar-refractivity contribution in [2.24, 2.45) is 0 Å². The van der Waals surface area contributed by atoms with E-state index in [-0.39, 0.29) is 0 Å². The third-order valence-corrected chi connectivity index (χ3v) is 3.75. The standard InChI is InChI=1S/C16H23F2NO/c1-2-3-16-11-15(5-7-20-16)19-6-4-12-8-13(17)10-14(18)9-12/h8-10,15-16,19H,2-7,11H2,1H3. The molecule has 0 bridgehead atoms. The third kappa shape index (κ3) is 4.84. The van der Waals surface area contributed by atoms with E-state index < -0.39 is 11.6 Å². The molecule has 2 unspecified atom stereocenters. The highest BCUT2D eigenvalue weighted by Gasteiger charge is 2.21. The van der Waals surface area contributed by atoms with Crippen LogP contribution < -0.4 is 5.32 Å². The largest absolute Gasteiger partial charge is 0.378 e. The SMILES string of the molecule is CCCC1CC(NCCc2cc(F)cc(F)c2)CCO1. The summed E-state index contributed by atoms with van der Waals surface area (Å²) in [5.41, 5.74) is 0.701. The number of halogens is 2. The molecule has 0 aliphatic carbocycles. The first-order valence-corrected chi connectivity index (χ1v) is 7.47. The van der Waals surface area contributed by atoms with Crippen molar-refractivity contribution in [3.63, 3.8) is 0 Å². The molecule has 0 aromatic heterocycles. The lowest BCUT2D eigenvalue weighted by Gasteiger charge is -2.30. The van der Waals surface area contributed by atoms with Gasteiger partial charge in [-0.05, 0) is 49.9 Å². The molecule has 1 aliphatic rings. The molecule has 20 heavy (non-hydrogen) atoms. The maximum Gasteiger partial charge on any atom is 0.126 e. The molecular weight excluding hydrogens is 260 g/mol. The van der Waals surface area contributed by atoms with Gasteiger partial charge < -0.3 is 10.1 Å². The van der Waals surface area contributed by atoms with Crippen LogP contribution in [0.25, 0.3) is 0 Å². The lowest BCUT2D eigenvalue weighted by atomic mass is 10.00. The van der Waals surface area contributed by atoms with Crippen LogP contribution >= 0.6 is 0 Å². The van der Waals surface area contributed by atoms with Crippen molar-refractivity contribution in [1.29, 1.82) is 0 Å². The predicted molar refractivity (Wildman–Crippen MR) is 75.7 cm³/mol. The summed E-state index contributed by atoms with van der Waals surface area (Å²) in [5, 5.41) is 3.47. The maximum absolute atomic E-state index is 13.1. The second-order valence-electron chi connectivity index (χ2n) is 5.48. The van der Waals surface area contributed by atoms with Crippen molar-refractivity contribution in [1.82, 2.24) is 5.32 Å². The number of rotatable bonds is 6. The summed E-state index contributed by atoms with van der Waals surface area (Å²) in [6, 6.07) is 4.16. The van der Waals surface area contributed by atoms with Gasteiger partial charge in [-0.1, -0.05) is 13.3 Å². The zero-order valence-corrected chi connectivity index (χ0v) is 12.0. The maximum atomic E-state index is 13.1. The molecule has 1 N–H and O–H groups in total. The fourth-order valence-electron chi connectivity index (χ4n) is 2.76. The lowest BCUT2D eigenvalue weighted by molar-refractivity contribution is -0.00300. The molecule has 0 spiro atoms. The molecule has 2 rings (SSSR count). The van der Waals surface area contributed by atoms with E-state index in [2.05, 4.69) is 12.2 Å². The van der Waals surface area contributed by atoms with E-state index in [1.165, 1.54) is 12.1 Å². The van der Waals surface area contributed by atoms with Crippen LogP contribution in [0.4, 0.5) is 8.78 Å². The van der Waals surface area contributed by atoms with Crippen LogP contribution in [0.15, 0.2) is 18.2 Å². The molecule has 1 aromatic carbocycles. The van der Waals surface area contributed by atoms with E-state index in [1.807, 2.05) is 0 Å². The molecule has 0 saturated carbocycles. The molecule has 1 saturated heterocycles. The Kier molecular flexibility index (Phi) is 5.92. The number of benzene rings is 1. The molecule has 1 fully saturated rings. The zero-order valence-electron chi connectivity index (χ0n) is 12.0. The van der Waals surface area contributed by atoms with E-state index in [0.29, 0.717) is 24.1 Å². The molecule has 1 aliphatic heterocycles. The minimum atomic E-state index is -0.505. The molecule has 0 radical (unpaired) electrons. The average Bonchev–Trinajstić information content (AvgIpc) is 2.38. The lowest BCUT2D eigenvalue weighted by Crippen LogP contribution is -2.39. The number of nitrogens with one attached hydrogen (secondary N) is 1. The van der Waals surface area contributed by atoms with E-state index >= 15 is 0 Å². The van der Waals surface area contributed by atoms with E-state index in [9.17, 15) is 8.78 Å². The fraction of sp³-hybridized carbons (Fsp3) is 0.625. The van der Waals surface area contributed by atoms with Crippen molar-refractivity contribution >= 4 is 0 Å². The van der Waals surface area contributed by atoms with Crippen LogP contribution in [0.1, 0.15) is 38.2 Å². The van der Waals surface area contributed by atoms with Crippen LogP contribution in [-0.2, 0) is 11.2 Å². The summed E-state index contributed by atoms with van der Waals surface area (Å²) in [7, 11) is 0. The van der Waals surface area contributed by atoms with Crippen molar-refractivity contribution < 1.29 is 13.5 Å². The summed E-state index contributed by atoms with van der Waals surface area (Å²) in [5.74, 6) is -1.01. The highest BCUT2D eigenvalue weighted by molar-refractivity contribution is 5.18. The Bertz CT molecular complexity index is 403. The normalized spacial score (nSPS) is 22.9. The average molecular weight is 283 g/mol. The highest BCUT2D eigenvalue weighted by Crippen LogP contribution is 2.18. The fourth-order valence-corrected chi connectivity index (χ4v) is 2.76. The summed E-state index contributed by atoms with van der Waals surface area (Å²) in [6.07, 6.45) is 5.29. The monoisotopic (exact) mass is 283 g/mol. The third-order valence-electron chi connectivity index (χ3n) is 3.75. The molecule has 112 valence electrons. The molecule has 1 heterocycles. The highest BCUT2D eigenvalue weighted by atomic mass is 19.1. The van der Waals surface area contributed by atoms with Crippen LogP contribution in [0, 0.1) is 11.6 Å². The number of hydrogen-bond acceptors (Lipinski definition) is 2. The molecule has 2 nitrogen and oxygen atoms in total. The van der Waals surface area contributed by atoms with Gasteiger partial charge in [0.2, 0.25) is 0 Å². The first-order valence-electron chi connectivity index (χ1n) is 7.47. The van der Waals surface area contributed by atoms with Gasteiger partial charge in [-0.2, -0.15) is 0 Å². The van der Waals surface area contributed by atoms with Gasteiger partial charge in [0.05, 0.1) is 6.10 Å². The smallest absolute Gasteiger partial charge is 0.126 e. The Morgan fingerprint density at radius 2 is 2.00 bits per heavy atom. The van der Waals surface area contributed by atoms with E-state index in [0.717, 1.165) is 44.9 Å². The first kappa shape index (κ1) is 15.4. The molecule has 0 amide bonds. The summed E-state index contributed by atoms with van der Waals surface area (Å²) >= 11 is 0. The Morgan fingerprint density at radius 1 is 1.25 bits per heavy atom. The predicted octanol–water partition coefficient (Wildman–Crippen LogP) is 3.44. The second-order valence-corrected chi connectivity index (χ2v) is 5.48. The molecule has 4 heteroatoms. The summed E-state index contributed by atoms with van der Waals surface area (Å²) < 4.78 is 31.8. The van der Waals surface area contributed by atoms with Crippen LogP contribution in [-0.4, -0.2) is 25.3 Å². The van der Waals surface area contributed by atoms with Gasteiger partial charge in [0.15, 0.2) is 0 Å². The van der Waals surface area contributed by atoms with Crippen molar-refractivity contribution in [2.45, 2.75) is 51.2 Å². The molecule has 2 atom stereocenters. The van der Waals surface area contributed by atoms with Crippen molar-refractivity contribution in [3.05, 3.63) is 35.4 Å². The quantitative estimate of drug-likeness (QED) is 0.863. The Labute approximate surface area is 119 Å². The number of ether oxygens (including phenoxy) is 1. The summed E-state index contributed by atoms with van der Waals surface area (Å²) in [6.45, 7) is 3.71. The van der Waals surface area contributed by atoms with Crippen LogP contribution in [0.2, 0.25) is 0 Å². The van der Waals surface area contributed by atoms with Gasteiger partial charge in [0, 0.05) is 18.7 Å². The van der Waals surface area contributed by atoms with Crippen LogP contribution in [0.3, 0.4) is 0 Å². The number of hydrogen-bond donors (Lipinski definition) is 1.